The van der Waals surface area contributed by atoms with Gasteiger partial charge in [0.1, 0.15) is 23.9 Å². The minimum Gasteiger partial charge on any atom is -0.491 e. The second-order valence-corrected chi connectivity index (χ2v) is 6.30. The van der Waals surface area contributed by atoms with Crippen LogP contribution in [0.4, 0.5) is 0 Å². The molecule has 3 N–H and O–H groups in total. The van der Waals surface area contributed by atoms with Crippen molar-refractivity contribution in [2.45, 2.75) is 32.4 Å². The number of aryl methyl sites for hydroxylation is 1. The topological polar surface area (TPSA) is 90.4 Å². The van der Waals surface area contributed by atoms with Gasteiger partial charge in [0.05, 0.1) is 12.1 Å². The summed E-state index contributed by atoms with van der Waals surface area (Å²) in [5.74, 6) is 0.827. The molecule has 0 aliphatic carbocycles. The second kappa shape index (κ2) is 7.58. The summed E-state index contributed by atoms with van der Waals surface area (Å²) in [6.45, 7) is 3.88. The molecule has 136 valence electrons. The number of ether oxygens (including phenoxy) is 1. The van der Waals surface area contributed by atoms with Crippen molar-refractivity contribution in [3.63, 3.8) is 0 Å². The smallest absolute Gasteiger partial charge is 0.268 e. The van der Waals surface area contributed by atoms with E-state index >= 15 is 0 Å². The third kappa shape index (κ3) is 3.70. The minimum absolute atomic E-state index is 0.193. The Hall–Kier alpha value is -2.86. The molecule has 3 rings (SSSR count). The van der Waals surface area contributed by atoms with Gasteiger partial charge in [-0.25, -0.2) is 4.98 Å². The summed E-state index contributed by atoms with van der Waals surface area (Å²) < 4.78 is 7.72. The van der Waals surface area contributed by atoms with Crippen LogP contribution in [-0.4, -0.2) is 33.3 Å². The first kappa shape index (κ1) is 17.9. The molecule has 0 spiro atoms. The van der Waals surface area contributed by atoms with Crippen LogP contribution in [0.15, 0.2) is 48.7 Å². The lowest BCUT2D eigenvalue weighted by Crippen LogP contribution is -2.28. The van der Waals surface area contributed by atoms with Crippen LogP contribution in [0.3, 0.4) is 0 Å². The monoisotopic (exact) mass is 353 g/mol. The Bertz CT molecular complexity index is 918. The summed E-state index contributed by atoms with van der Waals surface area (Å²) in [6.07, 6.45) is 1.52. The van der Waals surface area contributed by atoms with Crippen molar-refractivity contribution in [2.24, 2.45) is 5.73 Å². The number of imidazole rings is 1. The summed E-state index contributed by atoms with van der Waals surface area (Å²) in [4.78, 5) is 15.7. The Morgan fingerprint density at radius 1 is 1.27 bits per heavy atom. The second-order valence-electron chi connectivity index (χ2n) is 6.30. The molecule has 3 aromatic rings. The van der Waals surface area contributed by atoms with E-state index in [0.717, 1.165) is 16.5 Å². The molecular formula is C20H23N3O3. The molecule has 2 atom stereocenters. The first-order valence-electron chi connectivity index (χ1n) is 8.66. The Morgan fingerprint density at radius 3 is 2.65 bits per heavy atom. The average molecular weight is 353 g/mol. The molecule has 26 heavy (non-hydrogen) atoms. The number of benzene rings is 2. The predicted molar refractivity (Wildman–Crippen MR) is 100 cm³/mol. The zero-order valence-corrected chi connectivity index (χ0v) is 14.9. The van der Waals surface area contributed by atoms with Gasteiger partial charge >= 0.3 is 0 Å². The lowest BCUT2D eigenvalue weighted by atomic mass is 10.1. The molecule has 0 unspecified atom stereocenters. The summed E-state index contributed by atoms with van der Waals surface area (Å²) in [6, 6.07) is 13.5. The van der Waals surface area contributed by atoms with E-state index in [2.05, 4.69) is 4.98 Å². The van der Waals surface area contributed by atoms with Gasteiger partial charge in [-0.1, -0.05) is 37.3 Å². The van der Waals surface area contributed by atoms with Crippen LogP contribution in [0.5, 0.6) is 5.75 Å². The minimum atomic E-state index is -0.685. The SMILES string of the molecule is CCc1nc(C(N)=O)cn1[C@H](COc1ccc2ccccc2c1)[C@H](C)O. The van der Waals surface area contributed by atoms with E-state index < -0.39 is 12.0 Å². The first-order valence-corrected chi connectivity index (χ1v) is 8.66. The molecule has 1 amide bonds. The number of carbonyl (C=O) groups excluding carboxylic acids is 1. The van der Waals surface area contributed by atoms with Gasteiger partial charge in [0, 0.05) is 12.6 Å². The van der Waals surface area contributed by atoms with E-state index in [9.17, 15) is 9.90 Å². The Labute approximate surface area is 152 Å². The standard InChI is InChI=1S/C20H23N3O3/c1-3-19-22-17(20(21)25)11-23(19)18(13(2)24)12-26-16-9-8-14-6-4-5-7-15(14)10-16/h4-11,13,18,24H,3,12H2,1-2H3,(H2,21,25)/t13-,18+/m0/s1. The predicted octanol–water partition coefficient (Wildman–Crippen LogP) is 2.70. The number of hydrogen-bond donors (Lipinski definition) is 2. The van der Waals surface area contributed by atoms with E-state index in [1.54, 1.807) is 17.7 Å². The maximum atomic E-state index is 11.4. The van der Waals surface area contributed by atoms with Crippen molar-refractivity contribution in [1.82, 2.24) is 9.55 Å². The van der Waals surface area contributed by atoms with Crippen molar-refractivity contribution in [1.29, 1.82) is 0 Å². The van der Waals surface area contributed by atoms with Gasteiger partial charge in [-0.05, 0) is 29.8 Å². The van der Waals surface area contributed by atoms with Gasteiger partial charge in [0.25, 0.3) is 5.91 Å². The van der Waals surface area contributed by atoms with Crippen LogP contribution in [-0.2, 0) is 6.42 Å². The molecule has 0 saturated carbocycles. The Balaban J connectivity index is 1.83. The van der Waals surface area contributed by atoms with Crippen molar-refractivity contribution >= 4 is 16.7 Å². The van der Waals surface area contributed by atoms with Gasteiger partial charge in [-0.2, -0.15) is 0 Å². The highest BCUT2D eigenvalue weighted by Crippen LogP contribution is 2.23. The summed E-state index contributed by atoms with van der Waals surface area (Å²) in [5.41, 5.74) is 5.53. The number of amides is 1. The lowest BCUT2D eigenvalue weighted by molar-refractivity contribution is 0.0924. The number of aliphatic hydroxyl groups excluding tert-OH is 1. The molecule has 0 aliphatic rings. The fourth-order valence-corrected chi connectivity index (χ4v) is 2.99. The van der Waals surface area contributed by atoms with Gasteiger partial charge in [0.2, 0.25) is 0 Å². The molecule has 0 bridgehead atoms. The largest absolute Gasteiger partial charge is 0.491 e. The van der Waals surface area contributed by atoms with Crippen LogP contribution in [0.2, 0.25) is 0 Å². The molecular weight excluding hydrogens is 330 g/mol. The van der Waals surface area contributed by atoms with Crippen molar-refractivity contribution < 1.29 is 14.6 Å². The highest BCUT2D eigenvalue weighted by molar-refractivity contribution is 5.90. The van der Waals surface area contributed by atoms with Crippen LogP contribution in [0, 0.1) is 0 Å². The van der Waals surface area contributed by atoms with Gasteiger partial charge in [-0.3, -0.25) is 4.79 Å². The highest BCUT2D eigenvalue weighted by Gasteiger charge is 2.23. The van der Waals surface area contributed by atoms with Gasteiger partial charge < -0.3 is 20.1 Å². The van der Waals surface area contributed by atoms with Crippen LogP contribution < -0.4 is 10.5 Å². The molecule has 1 heterocycles. The van der Waals surface area contributed by atoms with E-state index in [0.29, 0.717) is 12.2 Å². The normalized spacial score (nSPS) is 13.5. The molecule has 0 aliphatic heterocycles. The first-order chi connectivity index (χ1) is 12.5. The number of fused-ring (bicyclic) bond motifs is 1. The Kier molecular flexibility index (Phi) is 5.23. The van der Waals surface area contributed by atoms with Crippen LogP contribution in [0.25, 0.3) is 10.8 Å². The molecule has 0 saturated heterocycles. The number of carbonyl (C=O) groups is 1. The zero-order chi connectivity index (χ0) is 18.7. The lowest BCUT2D eigenvalue weighted by Gasteiger charge is -2.23. The fraction of sp³-hybridized carbons (Fsp3) is 0.300. The van der Waals surface area contributed by atoms with Crippen molar-refractivity contribution in [3.8, 4) is 5.75 Å². The Morgan fingerprint density at radius 2 is 2.00 bits per heavy atom. The van der Waals surface area contributed by atoms with E-state index in [1.807, 2.05) is 49.4 Å². The zero-order valence-electron chi connectivity index (χ0n) is 14.9. The number of aliphatic hydroxyl groups is 1. The number of nitrogens with zero attached hydrogens (tertiary/aromatic N) is 2. The van der Waals surface area contributed by atoms with Crippen molar-refractivity contribution in [2.75, 3.05) is 6.61 Å². The van der Waals surface area contributed by atoms with E-state index in [1.165, 1.54) is 0 Å². The molecule has 6 heteroatoms. The fourth-order valence-electron chi connectivity index (χ4n) is 2.99. The van der Waals surface area contributed by atoms with Gasteiger partial charge in [0.15, 0.2) is 0 Å². The average Bonchev–Trinajstić information content (AvgIpc) is 3.06. The highest BCUT2D eigenvalue weighted by atomic mass is 16.5. The summed E-state index contributed by atoms with van der Waals surface area (Å²) in [7, 11) is 0. The molecule has 6 nitrogen and oxygen atoms in total. The maximum absolute atomic E-state index is 11.4. The van der Waals surface area contributed by atoms with E-state index in [4.69, 9.17) is 10.5 Å². The third-order valence-corrected chi connectivity index (χ3v) is 4.43. The maximum Gasteiger partial charge on any atom is 0.268 e. The van der Waals surface area contributed by atoms with Gasteiger partial charge in [-0.15, -0.1) is 0 Å². The number of primary amides is 1. The van der Waals surface area contributed by atoms with Crippen molar-refractivity contribution in [3.05, 3.63) is 60.2 Å². The number of aromatic nitrogens is 2. The summed E-state index contributed by atoms with van der Waals surface area (Å²) in [5, 5.41) is 12.5. The number of rotatable bonds is 7. The number of hydrogen-bond acceptors (Lipinski definition) is 4. The van der Waals surface area contributed by atoms with Crippen LogP contribution in [0.1, 0.15) is 36.2 Å². The molecule has 2 aromatic carbocycles. The molecule has 0 fully saturated rings. The molecule has 1 aromatic heterocycles. The third-order valence-electron chi connectivity index (χ3n) is 4.43. The quantitative estimate of drug-likeness (QED) is 0.683. The number of nitrogens with two attached hydrogens (primary N) is 1. The van der Waals surface area contributed by atoms with E-state index in [-0.39, 0.29) is 18.3 Å². The molecule has 0 radical (unpaired) electrons. The summed E-state index contributed by atoms with van der Waals surface area (Å²) >= 11 is 0. The van der Waals surface area contributed by atoms with Crippen LogP contribution >= 0.6 is 0 Å².